The Morgan fingerprint density at radius 1 is 1.30 bits per heavy atom. The molecule has 2 unspecified atom stereocenters. The van der Waals surface area contributed by atoms with Gasteiger partial charge in [-0.3, -0.25) is 4.79 Å². The first-order valence-electron chi connectivity index (χ1n) is 9.56. The number of aliphatic hydroxyl groups is 1. The lowest BCUT2D eigenvalue weighted by atomic mass is 9.98. The molecule has 0 amide bonds. The van der Waals surface area contributed by atoms with E-state index in [0.717, 1.165) is 32.0 Å². The molecule has 1 heterocycles. The summed E-state index contributed by atoms with van der Waals surface area (Å²) in [5.41, 5.74) is 0.594. The van der Waals surface area contributed by atoms with Crippen LogP contribution in [0.25, 0.3) is 0 Å². The van der Waals surface area contributed by atoms with Crippen molar-refractivity contribution in [2.75, 3.05) is 32.8 Å². The van der Waals surface area contributed by atoms with Crippen LogP contribution in [-0.2, 0) is 20.7 Å². The Hall–Kier alpha value is -1.57. The van der Waals surface area contributed by atoms with Crippen LogP contribution in [0, 0.1) is 11.6 Å². The molecule has 0 aliphatic carbocycles. The molecule has 0 radical (unpaired) electrons. The van der Waals surface area contributed by atoms with Crippen LogP contribution >= 0.6 is 0 Å². The SMILES string of the molecule is CCOC(=O)CCc1c(F)cc(F)cc1C(C)OCC(O)CN1CCCC1. The van der Waals surface area contributed by atoms with Gasteiger partial charge in [0.1, 0.15) is 11.6 Å². The zero-order valence-electron chi connectivity index (χ0n) is 16.0. The molecule has 152 valence electrons. The van der Waals surface area contributed by atoms with Gasteiger partial charge in [0.15, 0.2) is 0 Å². The van der Waals surface area contributed by atoms with Crippen LogP contribution in [-0.4, -0.2) is 54.9 Å². The van der Waals surface area contributed by atoms with Crippen LogP contribution < -0.4 is 0 Å². The fraction of sp³-hybridized carbons (Fsp3) is 0.650. The number of nitrogens with zero attached hydrogens (tertiary/aromatic N) is 1. The zero-order chi connectivity index (χ0) is 19.8. The lowest BCUT2D eigenvalue weighted by Gasteiger charge is -2.22. The van der Waals surface area contributed by atoms with E-state index in [0.29, 0.717) is 12.1 Å². The van der Waals surface area contributed by atoms with Gasteiger partial charge in [0, 0.05) is 19.0 Å². The highest BCUT2D eigenvalue weighted by Gasteiger charge is 2.21. The van der Waals surface area contributed by atoms with Crippen LogP contribution in [0.1, 0.15) is 50.3 Å². The third kappa shape index (κ3) is 6.83. The Labute approximate surface area is 159 Å². The highest BCUT2D eigenvalue weighted by Crippen LogP contribution is 2.26. The van der Waals surface area contributed by atoms with Crippen molar-refractivity contribution in [1.29, 1.82) is 0 Å². The van der Waals surface area contributed by atoms with E-state index in [2.05, 4.69) is 4.90 Å². The van der Waals surface area contributed by atoms with Gasteiger partial charge in [0.05, 0.1) is 25.4 Å². The topological polar surface area (TPSA) is 59.0 Å². The molecule has 0 aromatic heterocycles. The van der Waals surface area contributed by atoms with Crippen molar-refractivity contribution < 1.29 is 28.2 Å². The van der Waals surface area contributed by atoms with Gasteiger partial charge in [-0.2, -0.15) is 0 Å². The van der Waals surface area contributed by atoms with Crippen LogP contribution in [0.4, 0.5) is 8.78 Å². The second kappa shape index (κ2) is 10.7. The van der Waals surface area contributed by atoms with Crippen molar-refractivity contribution in [3.05, 3.63) is 34.9 Å². The van der Waals surface area contributed by atoms with Crippen LogP contribution in [0.5, 0.6) is 0 Å². The Kier molecular flexibility index (Phi) is 8.60. The van der Waals surface area contributed by atoms with Gasteiger partial charge in [-0.1, -0.05) is 0 Å². The standard InChI is InChI=1S/C20H29F2NO4/c1-3-26-20(25)7-6-17-18(10-15(21)11-19(17)22)14(2)27-13-16(24)12-23-8-4-5-9-23/h10-11,14,16,24H,3-9,12-13H2,1-2H3. The van der Waals surface area contributed by atoms with Gasteiger partial charge in [-0.15, -0.1) is 0 Å². The van der Waals surface area contributed by atoms with Crippen molar-refractivity contribution >= 4 is 5.97 Å². The van der Waals surface area contributed by atoms with Crippen LogP contribution in [0.3, 0.4) is 0 Å². The maximum Gasteiger partial charge on any atom is 0.306 e. The number of ether oxygens (including phenoxy) is 2. The molecule has 1 aliphatic heterocycles. The third-order valence-electron chi connectivity index (χ3n) is 4.72. The first-order chi connectivity index (χ1) is 12.9. The van der Waals surface area contributed by atoms with E-state index in [4.69, 9.17) is 9.47 Å². The molecular formula is C20H29F2NO4. The molecule has 0 saturated carbocycles. The summed E-state index contributed by atoms with van der Waals surface area (Å²) in [4.78, 5) is 13.7. The largest absolute Gasteiger partial charge is 0.466 e. The summed E-state index contributed by atoms with van der Waals surface area (Å²) >= 11 is 0. The van der Waals surface area contributed by atoms with Gasteiger partial charge in [0.2, 0.25) is 0 Å². The lowest BCUT2D eigenvalue weighted by Crippen LogP contribution is -2.33. The van der Waals surface area contributed by atoms with E-state index in [1.807, 2.05) is 0 Å². The molecule has 1 saturated heterocycles. The highest BCUT2D eigenvalue weighted by atomic mass is 19.1. The Balaban J connectivity index is 1.98. The number of carbonyl (C=O) groups is 1. The molecule has 27 heavy (non-hydrogen) atoms. The van der Waals surface area contributed by atoms with Gasteiger partial charge in [-0.05, 0) is 63.4 Å². The minimum Gasteiger partial charge on any atom is -0.466 e. The molecule has 1 aromatic carbocycles. The molecule has 0 spiro atoms. The number of rotatable bonds is 10. The summed E-state index contributed by atoms with van der Waals surface area (Å²) in [6, 6.07) is 2.03. The van der Waals surface area contributed by atoms with E-state index < -0.39 is 29.8 Å². The van der Waals surface area contributed by atoms with E-state index in [9.17, 15) is 18.7 Å². The number of aliphatic hydroxyl groups excluding tert-OH is 1. The first-order valence-corrected chi connectivity index (χ1v) is 9.56. The van der Waals surface area contributed by atoms with Crippen molar-refractivity contribution in [3.8, 4) is 0 Å². The van der Waals surface area contributed by atoms with Gasteiger partial charge in [-0.25, -0.2) is 8.78 Å². The van der Waals surface area contributed by atoms with Crippen LogP contribution in [0.2, 0.25) is 0 Å². The summed E-state index contributed by atoms with van der Waals surface area (Å²) in [5.74, 6) is -1.83. The van der Waals surface area contributed by atoms with Crippen LogP contribution in [0.15, 0.2) is 12.1 Å². The predicted octanol–water partition coefficient (Wildman–Crippen LogP) is 2.99. The zero-order valence-corrected chi connectivity index (χ0v) is 16.0. The number of hydrogen-bond donors (Lipinski definition) is 1. The van der Waals surface area contributed by atoms with E-state index >= 15 is 0 Å². The summed E-state index contributed by atoms with van der Waals surface area (Å²) in [6.07, 6.45) is 1.11. The predicted molar refractivity (Wildman–Crippen MR) is 97.4 cm³/mol. The Morgan fingerprint density at radius 2 is 2.00 bits per heavy atom. The number of benzene rings is 1. The number of hydrogen-bond acceptors (Lipinski definition) is 5. The number of carbonyl (C=O) groups excluding carboxylic acids is 1. The molecule has 5 nitrogen and oxygen atoms in total. The minimum atomic E-state index is -0.706. The monoisotopic (exact) mass is 385 g/mol. The maximum atomic E-state index is 14.3. The fourth-order valence-corrected chi connectivity index (χ4v) is 3.37. The highest BCUT2D eigenvalue weighted by molar-refractivity contribution is 5.69. The van der Waals surface area contributed by atoms with E-state index in [1.54, 1.807) is 13.8 Å². The number of esters is 1. The molecular weight excluding hydrogens is 356 g/mol. The number of halogens is 2. The lowest BCUT2D eigenvalue weighted by molar-refractivity contribution is -0.143. The van der Waals surface area contributed by atoms with Gasteiger partial charge < -0.3 is 19.5 Å². The van der Waals surface area contributed by atoms with E-state index in [-0.39, 0.29) is 31.6 Å². The van der Waals surface area contributed by atoms with Gasteiger partial charge in [0.25, 0.3) is 0 Å². The average Bonchev–Trinajstić information content (AvgIpc) is 3.11. The Bertz CT molecular complexity index is 620. The number of likely N-dealkylation sites (tertiary alicyclic amines) is 1. The molecule has 0 bridgehead atoms. The Morgan fingerprint density at radius 3 is 2.67 bits per heavy atom. The maximum absolute atomic E-state index is 14.3. The quantitative estimate of drug-likeness (QED) is 0.628. The summed E-state index contributed by atoms with van der Waals surface area (Å²) in [6.45, 7) is 6.19. The second-order valence-electron chi connectivity index (χ2n) is 6.90. The number of β-amino-alcohol motifs (C(OH)–C–C–N with tert-alkyl or cyclic N) is 1. The molecule has 2 atom stereocenters. The molecule has 1 N–H and O–H groups in total. The molecule has 1 aliphatic rings. The summed E-state index contributed by atoms with van der Waals surface area (Å²) < 4.78 is 38.5. The second-order valence-corrected chi connectivity index (χ2v) is 6.90. The van der Waals surface area contributed by atoms with Crippen molar-refractivity contribution in [3.63, 3.8) is 0 Å². The fourth-order valence-electron chi connectivity index (χ4n) is 3.37. The molecule has 1 fully saturated rings. The van der Waals surface area contributed by atoms with Gasteiger partial charge >= 0.3 is 5.97 Å². The smallest absolute Gasteiger partial charge is 0.306 e. The summed E-state index contributed by atoms with van der Waals surface area (Å²) in [7, 11) is 0. The average molecular weight is 385 g/mol. The molecule has 2 rings (SSSR count). The third-order valence-corrected chi connectivity index (χ3v) is 4.72. The van der Waals surface area contributed by atoms with E-state index in [1.165, 1.54) is 6.07 Å². The minimum absolute atomic E-state index is 0.00764. The summed E-state index contributed by atoms with van der Waals surface area (Å²) in [5, 5.41) is 10.1. The molecule has 7 heteroatoms. The van der Waals surface area contributed by atoms with Crippen molar-refractivity contribution in [1.82, 2.24) is 4.90 Å². The normalized spacial score (nSPS) is 17.1. The first kappa shape index (κ1) is 21.7. The molecule has 1 aromatic rings. The van der Waals surface area contributed by atoms with Crippen molar-refractivity contribution in [2.45, 2.75) is 51.7 Å². The van der Waals surface area contributed by atoms with Crippen molar-refractivity contribution in [2.24, 2.45) is 0 Å².